The van der Waals surface area contributed by atoms with E-state index in [9.17, 15) is 23.5 Å². The first-order valence-electron chi connectivity index (χ1n) is 9.81. The summed E-state index contributed by atoms with van der Waals surface area (Å²) in [4.78, 5) is 24.3. The molecule has 0 aliphatic carbocycles. The minimum Gasteiger partial charge on any atom is -0.478 e. The van der Waals surface area contributed by atoms with Gasteiger partial charge in [-0.2, -0.15) is 5.10 Å². The van der Waals surface area contributed by atoms with E-state index in [2.05, 4.69) is 10.4 Å². The molecule has 0 bridgehead atoms. The fourth-order valence-electron chi connectivity index (χ4n) is 3.56. The molecule has 0 aliphatic heterocycles. The molecular formula is C23H22ClF2N3O3. The third kappa shape index (κ3) is 4.96. The highest BCUT2D eigenvalue weighted by Gasteiger charge is 2.29. The fraction of sp³-hybridized carbons (Fsp3) is 0.261. The van der Waals surface area contributed by atoms with Crippen molar-refractivity contribution in [2.75, 3.05) is 0 Å². The molecule has 0 saturated heterocycles. The maximum absolute atomic E-state index is 13.8. The molecule has 9 heteroatoms. The second kappa shape index (κ2) is 9.48. The van der Waals surface area contributed by atoms with Crippen LogP contribution in [-0.4, -0.2) is 26.8 Å². The highest BCUT2D eigenvalue weighted by atomic mass is 35.5. The number of halogens is 3. The Hall–Kier alpha value is -3.26. The first-order valence-corrected chi connectivity index (χ1v) is 10.2. The number of aromatic carboxylic acids is 1. The molecule has 1 heterocycles. The summed E-state index contributed by atoms with van der Waals surface area (Å²) in [5.74, 6) is -1.72. The van der Waals surface area contributed by atoms with Gasteiger partial charge in [-0.25, -0.2) is 13.6 Å². The molecule has 1 atom stereocenters. The van der Waals surface area contributed by atoms with Gasteiger partial charge >= 0.3 is 5.97 Å². The second-order valence-electron chi connectivity index (χ2n) is 7.51. The van der Waals surface area contributed by atoms with Gasteiger partial charge in [0.15, 0.2) is 0 Å². The lowest BCUT2D eigenvalue weighted by Gasteiger charge is -2.16. The van der Waals surface area contributed by atoms with Gasteiger partial charge in [-0.05, 0) is 48.7 Å². The highest BCUT2D eigenvalue weighted by molar-refractivity contribution is 6.30. The van der Waals surface area contributed by atoms with Crippen LogP contribution in [0.2, 0.25) is 5.02 Å². The maximum atomic E-state index is 13.8. The molecule has 0 radical (unpaired) electrons. The van der Waals surface area contributed by atoms with Gasteiger partial charge < -0.3 is 10.4 Å². The van der Waals surface area contributed by atoms with Gasteiger partial charge in [0.05, 0.1) is 22.9 Å². The first kappa shape index (κ1) is 23.4. The average molecular weight is 462 g/mol. The van der Waals surface area contributed by atoms with Crippen LogP contribution < -0.4 is 5.32 Å². The number of hydrogen-bond acceptors (Lipinski definition) is 3. The Morgan fingerprint density at radius 3 is 2.41 bits per heavy atom. The minimum atomic E-state index is -2.89. The SMILES string of the molecule is Cc1cc([C@H](C)NC(=O)c2c(Cc3ccc(Cl)cc3)nn(C)c2C(F)F)ccc1C(=O)O. The summed E-state index contributed by atoms with van der Waals surface area (Å²) in [7, 11) is 1.38. The van der Waals surface area contributed by atoms with E-state index in [-0.39, 0.29) is 23.2 Å². The molecule has 0 unspecified atom stereocenters. The average Bonchev–Trinajstić information content (AvgIpc) is 3.05. The zero-order valence-corrected chi connectivity index (χ0v) is 18.5. The summed E-state index contributed by atoms with van der Waals surface area (Å²) in [6.07, 6.45) is -2.71. The summed E-state index contributed by atoms with van der Waals surface area (Å²) in [6.45, 7) is 3.35. The molecule has 3 aromatic rings. The summed E-state index contributed by atoms with van der Waals surface area (Å²) in [5.41, 5.74) is 1.73. The third-order valence-corrected chi connectivity index (χ3v) is 5.46. The van der Waals surface area contributed by atoms with Crippen LogP contribution in [0.1, 0.15) is 68.2 Å². The van der Waals surface area contributed by atoms with Crippen molar-refractivity contribution in [2.45, 2.75) is 32.7 Å². The number of benzene rings is 2. The number of nitrogens with zero attached hydrogens (tertiary/aromatic N) is 2. The fourth-order valence-corrected chi connectivity index (χ4v) is 3.69. The molecule has 0 saturated carbocycles. The molecule has 0 aliphatic rings. The second-order valence-corrected chi connectivity index (χ2v) is 7.95. The van der Waals surface area contributed by atoms with E-state index in [1.807, 2.05) is 0 Å². The summed E-state index contributed by atoms with van der Waals surface area (Å²) < 4.78 is 28.6. The van der Waals surface area contributed by atoms with E-state index < -0.39 is 30.0 Å². The Kier molecular flexibility index (Phi) is 6.93. The first-order chi connectivity index (χ1) is 15.1. The lowest BCUT2D eigenvalue weighted by atomic mass is 10.00. The molecule has 0 fully saturated rings. The number of aryl methyl sites for hydroxylation is 2. The van der Waals surface area contributed by atoms with Gasteiger partial charge in [-0.3, -0.25) is 9.48 Å². The Bertz CT molecular complexity index is 1160. The molecule has 0 spiro atoms. The normalized spacial score (nSPS) is 12.1. The van der Waals surface area contributed by atoms with Crippen LogP contribution in [0, 0.1) is 6.92 Å². The largest absolute Gasteiger partial charge is 0.478 e. The van der Waals surface area contributed by atoms with Crippen LogP contribution in [0.15, 0.2) is 42.5 Å². The zero-order chi connectivity index (χ0) is 23.6. The quantitative estimate of drug-likeness (QED) is 0.512. The molecule has 1 aromatic heterocycles. The van der Waals surface area contributed by atoms with Gasteiger partial charge in [0.2, 0.25) is 0 Å². The van der Waals surface area contributed by atoms with Crippen LogP contribution in [0.4, 0.5) is 8.78 Å². The number of rotatable bonds is 7. The van der Waals surface area contributed by atoms with Gasteiger partial charge in [0, 0.05) is 18.5 Å². The number of nitrogens with one attached hydrogen (secondary N) is 1. The topological polar surface area (TPSA) is 84.2 Å². The van der Waals surface area contributed by atoms with Gasteiger partial charge in [0.25, 0.3) is 12.3 Å². The van der Waals surface area contributed by atoms with E-state index in [0.717, 1.165) is 10.2 Å². The molecule has 32 heavy (non-hydrogen) atoms. The molecule has 2 N–H and O–H groups in total. The molecule has 3 rings (SSSR count). The van der Waals surface area contributed by atoms with Crippen LogP contribution in [0.5, 0.6) is 0 Å². The lowest BCUT2D eigenvalue weighted by Crippen LogP contribution is -2.28. The van der Waals surface area contributed by atoms with Crippen molar-refractivity contribution in [3.05, 3.63) is 86.7 Å². The van der Waals surface area contributed by atoms with Crippen molar-refractivity contribution in [1.82, 2.24) is 15.1 Å². The minimum absolute atomic E-state index is 0.157. The Balaban J connectivity index is 1.91. The van der Waals surface area contributed by atoms with Crippen LogP contribution >= 0.6 is 11.6 Å². The number of carboxylic acids is 1. The predicted octanol–water partition coefficient (Wildman–Crippen LogP) is 5.10. The molecule has 168 valence electrons. The monoisotopic (exact) mass is 461 g/mol. The molecule has 2 aromatic carbocycles. The van der Waals surface area contributed by atoms with Crippen LogP contribution in [0.3, 0.4) is 0 Å². The Morgan fingerprint density at radius 2 is 1.84 bits per heavy atom. The van der Waals surface area contributed by atoms with Crippen molar-refractivity contribution in [3.8, 4) is 0 Å². The standard InChI is InChI=1S/C23H22ClF2N3O3/c1-12-10-15(6-9-17(12)23(31)32)13(2)27-22(30)19-18(28-29(3)20(19)21(25)26)11-14-4-7-16(24)8-5-14/h4-10,13,21H,11H2,1-3H3,(H,27,30)(H,31,32)/t13-/m0/s1. The number of alkyl halides is 2. The van der Waals surface area contributed by atoms with Gasteiger partial charge in [-0.1, -0.05) is 35.9 Å². The molecule has 1 amide bonds. The summed E-state index contributed by atoms with van der Waals surface area (Å²) in [6, 6.07) is 11.0. The van der Waals surface area contributed by atoms with E-state index in [1.165, 1.54) is 13.1 Å². The number of hydrogen-bond donors (Lipinski definition) is 2. The predicted molar refractivity (Wildman–Crippen MR) is 116 cm³/mol. The van der Waals surface area contributed by atoms with E-state index >= 15 is 0 Å². The summed E-state index contributed by atoms with van der Waals surface area (Å²) in [5, 5.41) is 16.6. The lowest BCUT2D eigenvalue weighted by molar-refractivity contribution is 0.0695. The van der Waals surface area contributed by atoms with E-state index in [0.29, 0.717) is 16.1 Å². The van der Waals surface area contributed by atoms with Gasteiger partial charge in [-0.15, -0.1) is 0 Å². The van der Waals surface area contributed by atoms with Crippen molar-refractivity contribution in [1.29, 1.82) is 0 Å². The smallest absolute Gasteiger partial charge is 0.335 e. The van der Waals surface area contributed by atoms with Crippen LogP contribution in [0.25, 0.3) is 0 Å². The summed E-state index contributed by atoms with van der Waals surface area (Å²) >= 11 is 5.91. The van der Waals surface area contributed by atoms with Crippen molar-refractivity contribution < 1.29 is 23.5 Å². The van der Waals surface area contributed by atoms with Crippen molar-refractivity contribution in [3.63, 3.8) is 0 Å². The molecule has 6 nitrogen and oxygen atoms in total. The number of carbonyl (C=O) groups is 2. The van der Waals surface area contributed by atoms with Crippen molar-refractivity contribution in [2.24, 2.45) is 7.05 Å². The number of carbonyl (C=O) groups excluding carboxylic acids is 1. The number of carboxylic acid groups (broad SMARTS) is 1. The van der Waals surface area contributed by atoms with Gasteiger partial charge in [0.1, 0.15) is 5.69 Å². The van der Waals surface area contributed by atoms with E-state index in [1.54, 1.807) is 50.2 Å². The van der Waals surface area contributed by atoms with Crippen molar-refractivity contribution >= 4 is 23.5 Å². The third-order valence-electron chi connectivity index (χ3n) is 5.21. The Labute approximate surface area is 188 Å². The number of aromatic nitrogens is 2. The molecular weight excluding hydrogens is 440 g/mol. The van der Waals surface area contributed by atoms with Crippen LogP contribution in [-0.2, 0) is 13.5 Å². The highest BCUT2D eigenvalue weighted by Crippen LogP contribution is 2.28. The Morgan fingerprint density at radius 1 is 1.19 bits per heavy atom. The van der Waals surface area contributed by atoms with E-state index in [4.69, 9.17) is 11.6 Å². The zero-order valence-electron chi connectivity index (χ0n) is 17.7. The maximum Gasteiger partial charge on any atom is 0.335 e. The number of amides is 1.